The Kier molecular flexibility index (Phi) is 6.96. The summed E-state index contributed by atoms with van der Waals surface area (Å²) >= 11 is 0. The van der Waals surface area contributed by atoms with E-state index in [0.29, 0.717) is 12.2 Å². The fourth-order valence-electron chi connectivity index (χ4n) is 2.80. The van der Waals surface area contributed by atoms with Gasteiger partial charge in [-0.05, 0) is 23.6 Å². The third kappa shape index (κ3) is 5.18. The molecule has 1 atom stereocenters. The molecule has 0 saturated heterocycles. The lowest BCUT2D eigenvalue weighted by molar-refractivity contribution is -0.118. The summed E-state index contributed by atoms with van der Waals surface area (Å²) in [6.07, 6.45) is 3.55. The molecular weight excluding hydrogens is 304 g/mol. The fraction of sp³-hybridized carbons (Fsp3) is 0.444. The molecular formula is C18H26N4O2. The lowest BCUT2D eigenvalue weighted by Crippen LogP contribution is -2.43. The zero-order valence-electron chi connectivity index (χ0n) is 14.3. The van der Waals surface area contributed by atoms with E-state index in [0.717, 1.165) is 19.5 Å². The normalized spacial score (nSPS) is 16.7. The van der Waals surface area contributed by atoms with Crippen molar-refractivity contribution in [3.63, 3.8) is 0 Å². The fourth-order valence-corrected chi connectivity index (χ4v) is 2.80. The molecule has 1 aromatic rings. The van der Waals surface area contributed by atoms with E-state index >= 15 is 0 Å². The van der Waals surface area contributed by atoms with Gasteiger partial charge in [0.25, 0.3) is 5.91 Å². The number of hydrogen-bond acceptors (Lipinski definition) is 5. The van der Waals surface area contributed by atoms with Crippen LogP contribution in [0, 0.1) is 0 Å². The molecule has 1 aliphatic heterocycles. The predicted octanol–water partition coefficient (Wildman–Crippen LogP) is 0.326. The van der Waals surface area contributed by atoms with Gasteiger partial charge in [-0.1, -0.05) is 24.3 Å². The highest BCUT2D eigenvalue weighted by molar-refractivity contribution is 5.96. The number of aliphatic imine (C=N–C) groups is 1. The van der Waals surface area contributed by atoms with Crippen molar-refractivity contribution in [3.8, 4) is 0 Å². The first-order chi connectivity index (χ1) is 11.6. The van der Waals surface area contributed by atoms with E-state index in [-0.39, 0.29) is 12.5 Å². The second-order valence-corrected chi connectivity index (χ2v) is 5.86. The number of β-amino-alcohol motifs (C(OH)–C–C–N with tert-alkyl or cyclic N) is 1. The number of allylic oxidation sites excluding steroid dienone is 1. The number of aliphatic hydroxyl groups is 1. The maximum Gasteiger partial charge on any atom is 0.267 e. The number of nitrogens with one attached hydrogen (secondary N) is 2. The minimum atomic E-state index is -0.600. The van der Waals surface area contributed by atoms with Gasteiger partial charge in [0.15, 0.2) is 0 Å². The predicted molar refractivity (Wildman–Crippen MR) is 96.0 cm³/mol. The molecule has 6 nitrogen and oxygen atoms in total. The Morgan fingerprint density at radius 3 is 2.88 bits per heavy atom. The number of amides is 1. The van der Waals surface area contributed by atoms with Crippen LogP contribution in [0.15, 0.2) is 41.0 Å². The van der Waals surface area contributed by atoms with Gasteiger partial charge in [-0.3, -0.25) is 14.7 Å². The van der Waals surface area contributed by atoms with Crippen LogP contribution in [0.2, 0.25) is 0 Å². The molecule has 0 aliphatic carbocycles. The molecule has 3 N–H and O–H groups in total. The zero-order chi connectivity index (χ0) is 17.4. The van der Waals surface area contributed by atoms with Crippen molar-refractivity contribution in [2.24, 2.45) is 4.99 Å². The van der Waals surface area contributed by atoms with Gasteiger partial charge in [0, 0.05) is 46.5 Å². The monoisotopic (exact) mass is 330 g/mol. The van der Waals surface area contributed by atoms with E-state index in [1.54, 1.807) is 26.4 Å². The number of carbonyl (C=O) groups excluding carboxylic acids is 1. The summed E-state index contributed by atoms with van der Waals surface area (Å²) in [6.45, 7) is 2.54. The largest absolute Gasteiger partial charge is 0.390 e. The zero-order valence-corrected chi connectivity index (χ0v) is 14.3. The lowest BCUT2D eigenvalue weighted by Gasteiger charge is -2.30. The summed E-state index contributed by atoms with van der Waals surface area (Å²) in [7, 11) is 3.32. The number of hydrogen-bond donors (Lipinski definition) is 3. The molecule has 2 rings (SSSR count). The summed E-state index contributed by atoms with van der Waals surface area (Å²) in [5.74, 6) is -0.250. The van der Waals surface area contributed by atoms with Crippen LogP contribution in [0.4, 0.5) is 0 Å². The molecule has 1 aliphatic rings. The third-order valence-corrected chi connectivity index (χ3v) is 4.08. The summed E-state index contributed by atoms with van der Waals surface area (Å²) in [4.78, 5) is 18.1. The number of likely N-dealkylation sites (N-methyl/N-ethyl adjacent to an activating group) is 1. The highest BCUT2D eigenvalue weighted by atomic mass is 16.3. The quantitative estimate of drug-likeness (QED) is 0.497. The van der Waals surface area contributed by atoms with Gasteiger partial charge in [-0.2, -0.15) is 0 Å². The average molecular weight is 330 g/mol. The van der Waals surface area contributed by atoms with Crippen molar-refractivity contribution < 1.29 is 9.90 Å². The molecule has 0 fully saturated rings. The van der Waals surface area contributed by atoms with Crippen LogP contribution in [-0.4, -0.2) is 62.0 Å². The molecule has 1 aromatic carbocycles. The summed E-state index contributed by atoms with van der Waals surface area (Å²) in [6, 6.07) is 8.41. The molecule has 24 heavy (non-hydrogen) atoms. The maximum absolute atomic E-state index is 12.0. The first-order valence-electron chi connectivity index (χ1n) is 8.19. The van der Waals surface area contributed by atoms with Crippen LogP contribution in [0.25, 0.3) is 0 Å². The molecule has 0 spiro atoms. The van der Waals surface area contributed by atoms with Gasteiger partial charge in [0.05, 0.1) is 6.10 Å². The van der Waals surface area contributed by atoms with E-state index < -0.39 is 6.10 Å². The van der Waals surface area contributed by atoms with Crippen LogP contribution in [0.1, 0.15) is 11.1 Å². The minimum absolute atomic E-state index is 0.221. The Balaban J connectivity index is 1.79. The van der Waals surface area contributed by atoms with Crippen LogP contribution in [0.3, 0.4) is 0 Å². The molecule has 6 heteroatoms. The number of carbonyl (C=O) groups is 1. The van der Waals surface area contributed by atoms with Gasteiger partial charge < -0.3 is 15.7 Å². The Morgan fingerprint density at radius 1 is 1.42 bits per heavy atom. The van der Waals surface area contributed by atoms with Gasteiger partial charge in [0.2, 0.25) is 0 Å². The second-order valence-electron chi connectivity index (χ2n) is 5.86. The van der Waals surface area contributed by atoms with E-state index in [1.165, 1.54) is 11.1 Å². The van der Waals surface area contributed by atoms with Crippen LogP contribution < -0.4 is 10.6 Å². The number of rotatable bonds is 7. The van der Waals surface area contributed by atoms with Crippen molar-refractivity contribution in [1.82, 2.24) is 15.5 Å². The van der Waals surface area contributed by atoms with Gasteiger partial charge in [-0.25, -0.2) is 0 Å². The SMILES string of the molecule is CN=CC=C(NC)C(=O)NC[C@H](O)CN1CCc2ccccc2C1. The Bertz CT molecular complexity index is 613. The minimum Gasteiger partial charge on any atom is -0.390 e. The molecule has 0 saturated carbocycles. The molecule has 130 valence electrons. The summed E-state index contributed by atoms with van der Waals surface area (Å²) in [5.41, 5.74) is 3.12. The van der Waals surface area contributed by atoms with Gasteiger partial charge in [-0.15, -0.1) is 0 Å². The number of nitrogens with zero attached hydrogens (tertiary/aromatic N) is 2. The Labute approximate surface area is 143 Å². The maximum atomic E-state index is 12.0. The number of aliphatic hydroxyl groups excluding tert-OH is 1. The second kappa shape index (κ2) is 9.20. The van der Waals surface area contributed by atoms with Crippen molar-refractivity contribution in [2.45, 2.75) is 19.1 Å². The van der Waals surface area contributed by atoms with Crippen LogP contribution in [-0.2, 0) is 17.8 Å². The van der Waals surface area contributed by atoms with E-state index in [1.807, 2.05) is 6.07 Å². The molecule has 0 aromatic heterocycles. The summed E-state index contributed by atoms with van der Waals surface area (Å²) < 4.78 is 0. The first-order valence-corrected chi connectivity index (χ1v) is 8.19. The lowest BCUT2D eigenvalue weighted by atomic mass is 10.00. The van der Waals surface area contributed by atoms with Crippen molar-refractivity contribution in [3.05, 3.63) is 47.2 Å². The van der Waals surface area contributed by atoms with E-state index in [9.17, 15) is 9.90 Å². The highest BCUT2D eigenvalue weighted by Gasteiger charge is 2.19. The highest BCUT2D eigenvalue weighted by Crippen LogP contribution is 2.18. The van der Waals surface area contributed by atoms with E-state index in [2.05, 4.69) is 38.7 Å². The van der Waals surface area contributed by atoms with Gasteiger partial charge in [0.1, 0.15) is 5.70 Å². The number of benzene rings is 1. The van der Waals surface area contributed by atoms with Crippen molar-refractivity contribution in [2.75, 3.05) is 33.7 Å². The first kappa shape index (κ1) is 18.2. The summed E-state index contributed by atoms with van der Waals surface area (Å²) in [5, 5.41) is 15.8. The standard InChI is InChI=1S/C18H26N4O2/c1-19-9-7-17(20-2)18(24)21-11-16(23)13-22-10-8-14-5-3-4-6-15(14)12-22/h3-7,9,16,20,23H,8,10-13H2,1-2H3,(H,21,24)/t16-/m0/s1. The molecule has 0 unspecified atom stereocenters. The van der Waals surface area contributed by atoms with Crippen molar-refractivity contribution >= 4 is 12.1 Å². The smallest absolute Gasteiger partial charge is 0.267 e. The third-order valence-electron chi connectivity index (χ3n) is 4.08. The molecule has 0 bridgehead atoms. The van der Waals surface area contributed by atoms with Crippen LogP contribution >= 0.6 is 0 Å². The molecule has 1 heterocycles. The van der Waals surface area contributed by atoms with Crippen molar-refractivity contribution in [1.29, 1.82) is 0 Å². The topological polar surface area (TPSA) is 77.0 Å². The average Bonchev–Trinajstić information content (AvgIpc) is 2.60. The van der Waals surface area contributed by atoms with Gasteiger partial charge >= 0.3 is 0 Å². The number of fused-ring (bicyclic) bond motifs is 1. The molecule has 1 amide bonds. The van der Waals surface area contributed by atoms with Crippen LogP contribution in [0.5, 0.6) is 0 Å². The van der Waals surface area contributed by atoms with E-state index in [4.69, 9.17) is 0 Å². The molecule has 0 radical (unpaired) electrons. The Morgan fingerprint density at radius 2 is 2.17 bits per heavy atom. The Hall–Kier alpha value is -2.18.